The van der Waals surface area contributed by atoms with E-state index in [2.05, 4.69) is 5.92 Å². The summed E-state index contributed by atoms with van der Waals surface area (Å²) in [6.45, 7) is 2.76. The third-order valence-corrected chi connectivity index (χ3v) is 3.43. The molecule has 1 amide bonds. The van der Waals surface area contributed by atoms with E-state index in [1.165, 1.54) is 0 Å². The van der Waals surface area contributed by atoms with E-state index < -0.39 is 0 Å². The molecule has 0 N–H and O–H groups in total. The molecule has 0 radical (unpaired) electrons. The number of hydrogen-bond acceptors (Lipinski definition) is 3. The van der Waals surface area contributed by atoms with Crippen LogP contribution >= 0.6 is 0 Å². The lowest BCUT2D eigenvalue weighted by molar-refractivity contribution is 0.0465. The number of ether oxygens (including phenoxy) is 2. The highest BCUT2D eigenvalue weighted by Gasteiger charge is 2.26. The number of rotatable bonds is 2. The summed E-state index contributed by atoms with van der Waals surface area (Å²) in [6.07, 6.45) is 8.66. The van der Waals surface area contributed by atoms with Crippen molar-refractivity contribution in [3.8, 4) is 12.3 Å². The summed E-state index contributed by atoms with van der Waals surface area (Å²) in [5, 5.41) is 0. The molecule has 0 aromatic carbocycles. The Labute approximate surface area is 102 Å². The van der Waals surface area contributed by atoms with Crippen LogP contribution in [-0.4, -0.2) is 43.4 Å². The Bertz CT molecular complexity index is 296. The minimum absolute atomic E-state index is 0.0501. The van der Waals surface area contributed by atoms with Gasteiger partial charge in [0, 0.05) is 25.9 Å². The van der Waals surface area contributed by atoms with Gasteiger partial charge in [0.1, 0.15) is 6.10 Å². The number of likely N-dealkylation sites (tertiary alicyclic amines) is 1. The van der Waals surface area contributed by atoms with Crippen LogP contribution in [0.25, 0.3) is 0 Å². The van der Waals surface area contributed by atoms with Crippen molar-refractivity contribution >= 4 is 6.09 Å². The van der Waals surface area contributed by atoms with Gasteiger partial charge in [-0.3, -0.25) is 0 Å². The first-order chi connectivity index (χ1) is 8.29. The number of terminal acetylenes is 1. The first kappa shape index (κ1) is 12.3. The maximum Gasteiger partial charge on any atom is 0.410 e. The van der Waals surface area contributed by atoms with E-state index >= 15 is 0 Å². The Balaban J connectivity index is 1.72. The highest BCUT2D eigenvalue weighted by Crippen LogP contribution is 2.21. The second-order valence-electron chi connectivity index (χ2n) is 4.71. The van der Waals surface area contributed by atoms with Crippen LogP contribution in [0.3, 0.4) is 0 Å². The van der Waals surface area contributed by atoms with Crippen molar-refractivity contribution in [1.82, 2.24) is 4.90 Å². The lowest BCUT2D eigenvalue weighted by Crippen LogP contribution is -2.40. The molecule has 1 unspecified atom stereocenters. The average molecular weight is 237 g/mol. The highest BCUT2D eigenvalue weighted by atomic mass is 16.6. The number of amides is 1. The van der Waals surface area contributed by atoms with E-state index in [0.29, 0.717) is 19.1 Å². The largest absolute Gasteiger partial charge is 0.444 e. The van der Waals surface area contributed by atoms with Crippen molar-refractivity contribution in [2.24, 2.45) is 5.92 Å². The molecule has 4 heteroatoms. The summed E-state index contributed by atoms with van der Waals surface area (Å²) in [5.74, 6) is 3.26. The van der Waals surface area contributed by atoms with Crippen LogP contribution in [0.4, 0.5) is 4.79 Å². The van der Waals surface area contributed by atoms with Gasteiger partial charge in [-0.05, 0) is 18.8 Å². The standard InChI is InChI=1S/C13H19NO3/c1-2-3-11-4-7-14(8-5-11)13(15)17-12-6-9-16-10-12/h1,11-12H,3-10H2. The van der Waals surface area contributed by atoms with Crippen molar-refractivity contribution in [2.45, 2.75) is 31.8 Å². The molecule has 2 aliphatic heterocycles. The summed E-state index contributed by atoms with van der Waals surface area (Å²) in [7, 11) is 0. The third-order valence-electron chi connectivity index (χ3n) is 3.43. The van der Waals surface area contributed by atoms with Gasteiger partial charge in [0.05, 0.1) is 13.2 Å². The molecule has 2 rings (SSSR count). The molecule has 2 aliphatic rings. The molecule has 4 nitrogen and oxygen atoms in total. The Morgan fingerprint density at radius 2 is 2.18 bits per heavy atom. The Hall–Kier alpha value is -1.21. The minimum atomic E-state index is -0.195. The summed E-state index contributed by atoms with van der Waals surface area (Å²) in [4.78, 5) is 13.6. The first-order valence-corrected chi connectivity index (χ1v) is 6.26. The molecule has 94 valence electrons. The highest BCUT2D eigenvalue weighted by molar-refractivity contribution is 5.67. The Morgan fingerprint density at radius 1 is 1.41 bits per heavy atom. The third kappa shape index (κ3) is 3.37. The second kappa shape index (κ2) is 5.92. The van der Waals surface area contributed by atoms with E-state index in [1.54, 1.807) is 4.90 Å². The topological polar surface area (TPSA) is 38.8 Å². The predicted octanol–water partition coefficient (Wildman–Crippen LogP) is 1.65. The smallest absolute Gasteiger partial charge is 0.410 e. The summed E-state index contributed by atoms with van der Waals surface area (Å²) in [5.41, 5.74) is 0. The number of piperidine rings is 1. The van der Waals surface area contributed by atoms with Crippen molar-refractivity contribution in [1.29, 1.82) is 0 Å². The van der Waals surface area contributed by atoms with Crippen molar-refractivity contribution < 1.29 is 14.3 Å². The molecule has 2 saturated heterocycles. The van der Waals surface area contributed by atoms with Gasteiger partial charge in [0.25, 0.3) is 0 Å². The lowest BCUT2D eigenvalue weighted by Gasteiger charge is -2.31. The maximum absolute atomic E-state index is 11.8. The Kier molecular flexibility index (Phi) is 4.27. The van der Waals surface area contributed by atoms with Gasteiger partial charge in [-0.1, -0.05) is 0 Å². The van der Waals surface area contributed by atoms with Crippen LogP contribution < -0.4 is 0 Å². The fourth-order valence-corrected chi connectivity index (χ4v) is 2.31. The zero-order chi connectivity index (χ0) is 12.1. The molecule has 2 heterocycles. The molecule has 0 aromatic heterocycles. The molecule has 0 saturated carbocycles. The second-order valence-corrected chi connectivity index (χ2v) is 4.71. The SMILES string of the molecule is C#CCC1CCN(C(=O)OC2CCOC2)CC1. The molecule has 17 heavy (non-hydrogen) atoms. The fourth-order valence-electron chi connectivity index (χ4n) is 2.31. The quantitative estimate of drug-likeness (QED) is 0.685. The Morgan fingerprint density at radius 3 is 2.76 bits per heavy atom. The van der Waals surface area contributed by atoms with Crippen molar-refractivity contribution in [2.75, 3.05) is 26.3 Å². The van der Waals surface area contributed by atoms with Gasteiger partial charge < -0.3 is 14.4 Å². The van der Waals surface area contributed by atoms with Gasteiger partial charge >= 0.3 is 6.09 Å². The molecule has 0 bridgehead atoms. The number of hydrogen-bond donors (Lipinski definition) is 0. The zero-order valence-electron chi connectivity index (χ0n) is 10.1. The molecule has 0 aromatic rings. The lowest BCUT2D eigenvalue weighted by atomic mass is 9.94. The van der Waals surface area contributed by atoms with Crippen LogP contribution in [0.15, 0.2) is 0 Å². The van der Waals surface area contributed by atoms with Gasteiger partial charge in [-0.25, -0.2) is 4.79 Å². The molecular weight excluding hydrogens is 218 g/mol. The molecule has 0 aliphatic carbocycles. The number of carbonyl (C=O) groups excluding carboxylic acids is 1. The van der Waals surface area contributed by atoms with Gasteiger partial charge in [0.2, 0.25) is 0 Å². The van der Waals surface area contributed by atoms with Crippen LogP contribution in [0.2, 0.25) is 0 Å². The summed E-state index contributed by atoms with van der Waals surface area (Å²) < 4.78 is 10.5. The first-order valence-electron chi connectivity index (χ1n) is 6.26. The molecule has 2 fully saturated rings. The zero-order valence-corrected chi connectivity index (χ0v) is 10.1. The average Bonchev–Trinajstić information content (AvgIpc) is 2.83. The maximum atomic E-state index is 11.8. The minimum Gasteiger partial charge on any atom is -0.444 e. The van der Waals surface area contributed by atoms with Crippen LogP contribution in [0.1, 0.15) is 25.7 Å². The monoisotopic (exact) mass is 237 g/mol. The van der Waals surface area contributed by atoms with Gasteiger partial charge in [0.15, 0.2) is 0 Å². The normalized spacial score (nSPS) is 25.6. The number of carbonyl (C=O) groups is 1. The number of nitrogens with zero attached hydrogens (tertiary/aromatic N) is 1. The van der Waals surface area contributed by atoms with Crippen molar-refractivity contribution in [3.05, 3.63) is 0 Å². The molecular formula is C13H19NO3. The van der Waals surface area contributed by atoms with E-state index in [-0.39, 0.29) is 12.2 Å². The van der Waals surface area contributed by atoms with Crippen LogP contribution in [-0.2, 0) is 9.47 Å². The summed E-state index contributed by atoms with van der Waals surface area (Å²) >= 11 is 0. The summed E-state index contributed by atoms with van der Waals surface area (Å²) in [6, 6.07) is 0. The fraction of sp³-hybridized carbons (Fsp3) is 0.769. The van der Waals surface area contributed by atoms with Crippen LogP contribution in [0.5, 0.6) is 0 Å². The van der Waals surface area contributed by atoms with Gasteiger partial charge in [-0.15, -0.1) is 12.3 Å². The van der Waals surface area contributed by atoms with E-state index in [1.807, 2.05) is 0 Å². The molecule has 1 atom stereocenters. The van der Waals surface area contributed by atoms with Crippen LogP contribution in [0, 0.1) is 18.3 Å². The molecule has 0 spiro atoms. The van der Waals surface area contributed by atoms with Gasteiger partial charge in [-0.2, -0.15) is 0 Å². The predicted molar refractivity (Wildman–Crippen MR) is 63.5 cm³/mol. The van der Waals surface area contributed by atoms with E-state index in [9.17, 15) is 4.79 Å². The van der Waals surface area contributed by atoms with E-state index in [4.69, 9.17) is 15.9 Å². The van der Waals surface area contributed by atoms with E-state index in [0.717, 1.165) is 38.8 Å². The van der Waals surface area contributed by atoms with Crippen molar-refractivity contribution in [3.63, 3.8) is 0 Å².